The van der Waals surface area contributed by atoms with Gasteiger partial charge in [0.2, 0.25) is 0 Å². The van der Waals surface area contributed by atoms with E-state index < -0.39 is 13.3 Å². The van der Waals surface area contributed by atoms with Crippen molar-refractivity contribution < 1.29 is 8.78 Å². The second kappa shape index (κ2) is 7.98. The summed E-state index contributed by atoms with van der Waals surface area (Å²) in [5, 5.41) is 5.78. The van der Waals surface area contributed by atoms with Gasteiger partial charge in [0.25, 0.3) is 0 Å². The van der Waals surface area contributed by atoms with Crippen LogP contribution in [0.3, 0.4) is 0 Å². The topological polar surface area (TPSA) is 24.1 Å². The first-order valence-electron chi connectivity index (χ1n) is 3.45. The highest BCUT2D eigenvalue weighted by atomic mass is 35.5. The van der Waals surface area contributed by atoms with Crippen LogP contribution in [0.2, 0.25) is 0 Å². The van der Waals surface area contributed by atoms with Crippen molar-refractivity contribution in [2.24, 2.45) is 0 Å². The van der Waals surface area contributed by atoms with Gasteiger partial charge in [-0.25, -0.2) is 8.78 Å². The highest BCUT2D eigenvalue weighted by Crippen LogP contribution is 1.95. The molecule has 1 heterocycles. The molecule has 6 heteroatoms. The maximum Gasteiger partial charge on any atom is 0.106 e. The fourth-order valence-corrected chi connectivity index (χ4v) is 1.08. The van der Waals surface area contributed by atoms with Gasteiger partial charge >= 0.3 is 0 Å². The van der Waals surface area contributed by atoms with Gasteiger partial charge in [-0.3, -0.25) is 0 Å². The van der Waals surface area contributed by atoms with E-state index in [1.54, 1.807) is 0 Å². The van der Waals surface area contributed by atoms with Crippen molar-refractivity contribution in [1.29, 1.82) is 0 Å². The molecule has 0 saturated carbocycles. The largest absolute Gasteiger partial charge is 0.313 e. The zero-order chi connectivity index (χ0) is 7.40. The zero-order valence-electron chi connectivity index (χ0n) is 6.56. The number of halogens is 4. The molecule has 1 aliphatic heterocycles. The van der Waals surface area contributed by atoms with Gasteiger partial charge in [-0.2, -0.15) is 0 Å². The van der Waals surface area contributed by atoms with Crippen LogP contribution in [0.1, 0.15) is 0 Å². The van der Waals surface area contributed by atoms with Crippen LogP contribution in [0.15, 0.2) is 0 Å². The summed E-state index contributed by atoms with van der Waals surface area (Å²) in [6, 6.07) is -0.399. The van der Waals surface area contributed by atoms with Gasteiger partial charge in [0.1, 0.15) is 13.3 Å². The van der Waals surface area contributed by atoms with Crippen LogP contribution in [-0.2, 0) is 0 Å². The summed E-state index contributed by atoms with van der Waals surface area (Å²) < 4.78 is 23.9. The second-order valence-corrected chi connectivity index (χ2v) is 2.53. The molecule has 76 valence electrons. The lowest BCUT2D eigenvalue weighted by Gasteiger charge is -2.28. The van der Waals surface area contributed by atoms with Gasteiger partial charge in [-0.15, -0.1) is 24.8 Å². The number of hydrogen-bond donors (Lipinski definition) is 2. The molecular weight excluding hydrogens is 209 g/mol. The summed E-state index contributed by atoms with van der Waals surface area (Å²) in [4.78, 5) is 0. The maximum atomic E-state index is 12.0. The highest BCUT2D eigenvalue weighted by Gasteiger charge is 2.19. The van der Waals surface area contributed by atoms with Crippen LogP contribution >= 0.6 is 24.8 Å². The van der Waals surface area contributed by atoms with E-state index in [1.807, 2.05) is 0 Å². The fraction of sp³-hybridized carbons (Fsp3) is 1.00. The summed E-state index contributed by atoms with van der Waals surface area (Å²) in [5.74, 6) is 0. The van der Waals surface area contributed by atoms with Gasteiger partial charge in [-0.05, 0) is 0 Å². The molecule has 2 N–H and O–H groups in total. The van der Waals surface area contributed by atoms with E-state index >= 15 is 0 Å². The third kappa shape index (κ3) is 4.40. The predicted octanol–water partition coefficient (Wildman–Crippen LogP) is 0.699. The number of alkyl halides is 2. The molecule has 2 atom stereocenters. The molecule has 0 spiro atoms. The lowest BCUT2D eigenvalue weighted by Crippen LogP contribution is -2.56. The fourth-order valence-electron chi connectivity index (χ4n) is 1.08. The molecule has 0 aromatic carbocycles. The van der Waals surface area contributed by atoms with Crippen LogP contribution in [0.5, 0.6) is 0 Å². The normalized spacial score (nSPS) is 28.5. The first kappa shape index (κ1) is 14.9. The monoisotopic (exact) mass is 222 g/mol. The SMILES string of the molecule is Cl.Cl.FCC1CNCC(CF)N1. The van der Waals surface area contributed by atoms with Crippen molar-refractivity contribution in [1.82, 2.24) is 10.6 Å². The van der Waals surface area contributed by atoms with E-state index in [1.165, 1.54) is 0 Å². The maximum absolute atomic E-state index is 12.0. The Morgan fingerprint density at radius 3 is 1.75 bits per heavy atom. The van der Waals surface area contributed by atoms with E-state index in [9.17, 15) is 8.78 Å². The van der Waals surface area contributed by atoms with Crippen molar-refractivity contribution in [3.8, 4) is 0 Å². The smallest absolute Gasteiger partial charge is 0.106 e. The number of rotatable bonds is 2. The molecule has 2 nitrogen and oxygen atoms in total. The minimum atomic E-state index is -0.427. The Kier molecular flexibility index (Phi) is 9.88. The minimum absolute atomic E-state index is 0. The van der Waals surface area contributed by atoms with E-state index in [-0.39, 0.29) is 36.9 Å². The Morgan fingerprint density at radius 2 is 1.42 bits per heavy atom. The first-order chi connectivity index (χ1) is 4.86. The summed E-state index contributed by atoms with van der Waals surface area (Å²) in [6.45, 7) is 0.354. The predicted molar refractivity (Wildman–Crippen MR) is 50.0 cm³/mol. The van der Waals surface area contributed by atoms with Gasteiger partial charge in [0.15, 0.2) is 0 Å². The summed E-state index contributed by atoms with van der Waals surface area (Å²) >= 11 is 0. The van der Waals surface area contributed by atoms with Crippen LogP contribution in [-0.4, -0.2) is 38.5 Å². The van der Waals surface area contributed by atoms with E-state index in [2.05, 4.69) is 10.6 Å². The Labute approximate surface area is 83.3 Å². The average molecular weight is 223 g/mol. The lowest BCUT2D eigenvalue weighted by molar-refractivity contribution is 0.254. The van der Waals surface area contributed by atoms with E-state index in [0.29, 0.717) is 13.1 Å². The standard InChI is InChI=1S/C6H12F2N2.2ClH/c7-1-5-3-9-4-6(2-8)10-5;;/h5-6,9-10H,1-4H2;2*1H. The van der Waals surface area contributed by atoms with Gasteiger partial charge in [0, 0.05) is 25.2 Å². The van der Waals surface area contributed by atoms with Crippen molar-refractivity contribution in [3.63, 3.8) is 0 Å². The molecule has 0 bridgehead atoms. The van der Waals surface area contributed by atoms with Crippen molar-refractivity contribution >= 4 is 24.8 Å². The average Bonchev–Trinajstić information content (AvgIpc) is 2.05. The van der Waals surface area contributed by atoms with Crippen molar-refractivity contribution in [2.75, 3.05) is 26.4 Å². The van der Waals surface area contributed by atoms with E-state index in [4.69, 9.17) is 0 Å². The molecular formula is C6H14Cl2F2N2. The molecule has 1 fully saturated rings. The second-order valence-electron chi connectivity index (χ2n) is 2.53. The molecule has 0 aromatic rings. The molecule has 1 saturated heterocycles. The molecule has 2 unspecified atom stereocenters. The van der Waals surface area contributed by atoms with Gasteiger partial charge in [0.05, 0.1) is 0 Å². The quantitative estimate of drug-likeness (QED) is 0.720. The zero-order valence-corrected chi connectivity index (χ0v) is 8.19. The summed E-state index contributed by atoms with van der Waals surface area (Å²) in [7, 11) is 0. The van der Waals surface area contributed by atoms with Crippen LogP contribution in [0.4, 0.5) is 8.78 Å². The molecule has 0 aliphatic carbocycles. The van der Waals surface area contributed by atoms with Crippen LogP contribution < -0.4 is 10.6 Å². The highest BCUT2D eigenvalue weighted by molar-refractivity contribution is 5.85. The van der Waals surface area contributed by atoms with Crippen molar-refractivity contribution in [2.45, 2.75) is 12.1 Å². The van der Waals surface area contributed by atoms with Gasteiger partial charge in [-0.1, -0.05) is 0 Å². The first-order valence-corrected chi connectivity index (χ1v) is 3.45. The number of hydrogen-bond acceptors (Lipinski definition) is 2. The Balaban J connectivity index is 0. The molecule has 0 amide bonds. The summed E-state index contributed by atoms with van der Waals surface area (Å²) in [5.41, 5.74) is 0. The summed E-state index contributed by atoms with van der Waals surface area (Å²) in [6.07, 6.45) is 0. The minimum Gasteiger partial charge on any atom is -0.313 e. The third-order valence-electron chi connectivity index (χ3n) is 1.63. The van der Waals surface area contributed by atoms with Crippen LogP contribution in [0, 0.1) is 0 Å². The Hall–Kier alpha value is 0.360. The van der Waals surface area contributed by atoms with Crippen molar-refractivity contribution in [3.05, 3.63) is 0 Å². The molecule has 12 heavy (non-hydrogen) atoms. The van der Waals surface area contributed by atoms with E-state index in [0.717, 1.165) is 0 Å². The molecule has 1 rings (SSSR count). The third-order valence-corrected chi connectivity index (χ3v) is 1.63. The molecule has 0 radical (unpaired) electrons. The lowest BCUT2D eigenvalue weighted by atomic mass is 10.2. The van der Waals surface area contributed by atoms with Gasteiger partial charge < -0.3 is 10.6 Å². The van der Waals surface area contributed by atoms with Crippen LogP contribution in [0.25, 0.3) is 0 Å². The molecule has 1 aliphatic rings. The Morgan fingerprint density at radius 1 is 1.00 bits per heavy atom. The number of piperazine rings is 1. The molecule has 0 aromatic heterocycles. The number of nitrogens with one attached hydrogen (secondary N) is 2. The Bertz CT molecular complexity index is 97.5.